The number of carbonyl (C=O) groups is 2. The first kappa shape index (κ1) is 18.2. The highest BCUT2D eigenvalue weighted by Crippen LogP contribution is 2.33. The molecule has 132 valence electrons. The first-order valence-corrected chi connectivity index (χ1v) is 8.13. The average Bonchev–Trinajstić information content (AvgIpc) is 2.48. The lowest BCUT2D eigenvalue weighted by atomic mass is 9.86. The van der Waals surface area contributed by atoms with E-state index in [-0.39, 0.29) is 23.2 Å². The molecular weight excluding hydrogens is 313 g/mol. The quantitative estimate of drug-likeness (QED) is 0.858. The zero-order valence-electron chi connectivity index (χ0n) is 14.3. The molecule has 1 heterocycles. The fraction of sp³-hybridized carbons (Fsp3) is 0.556. The number of aliphatic carboxylic acids is 1. The summed E-state index contributed by atoms with van der Waals surface area (Å²) in [5.41, 5.74) is 0.571. The fourth-order valence-corrected chi connectivity index (χ4v) is 2.83. The minimum atomic E-state index is -1.11. The topological polar surface area (TPSA) is 66.8 Å². The van der Waals surface area contributed by atoms with Gasteiger partial charge in [0, 0.05) is 31.5 Å². The van der Waals surface area contributed by atoms with E-state index in [4.69, 9.17) is 9.84 Å². The summed E-state index contributed by atoms with van der Waals surface area (Å²) in [7, 11) is 0. The molecule has 1 N–H and O–H groups in total. The highest BCUT2D eigenvalue weighted by Gasteiger charge is 2.27. The zero-order chi connectivity index (χ0) is 17.9. The van der Waals surface area contributed by atoms with Crippen molar-refractivity contribution in [2.24, 2.45) is 0 Å². The predicted octanol–water partition coefficient (Wildman–Crippen LogP) is 2.97. The molecule has 6 heteroatoms. The largest absolute Gasteiger partial charge is 0.490 e. The third kappa shape index (κ3) is 4.69. The van der Waals surface area contributed by atoms with E-state index in [1.165, 1.54) is 12.1 Å². The number of nitrogens with zero attached hydrogens (tertiary/aromatic N) is 1. The van der Waals surface area contributed by atoms with Crippen molar-refractivity contribution >= 4 is 11.9 Å². The van der Waals surface area contributed by atoms with Gasteiger partial charge in [0.15, 0.2) is 0 Å². The van der Waals surface area contributed by atoms with Crippen molar-refractivity contribution in [3.8, 4) is 5.75 Å². The molecule has 1 aromatic carbocycles. The van der Waals surface area contributed by atoms with Gasteiger partial charge < -0.3 is 14.7 Å². The molecule has 1 saturated heterocycles. The second-order valence-electron chi connectivity index (χ2n) is 7.16. The molecule has 0 saturated carbocycles. The van der Waals surface area contributed by atoms with E-state index < -0.39 is 12.4 Å². The highest BCUT2D eigenvalue weighted by atomic mass is 19.1. The van der Waals surface area contributed by atoms with E-state index >= 15 is 0 Å². The first-order valence-electron chi connectivity index (χ1n) is 8.13. The molecule has 1 amide bonds. The molecule has 0 spiro atoms. The monoisotopic (exact) mass is 337 g/mol. The van der Waals surface area contributed by atoms with Gasteiger partial charge in [-0.05, 0) is 23.6 Å². The lowest BCUT2D eigenvalue weighted by molar-refractivity contribution is -0.145. The Labute approximate surface area is 141 Å². The van der Waals surface area contributed by atoms with E-state index in [1.54, 1.807) is 11.0 Å². The van der Waals surface area contributed by atoms with Crippen LogP contribution >= 0.6 is 0 Å². The smallest absolute Gasteiger partial charge is 0.312 e. The van der Waals surface area contributed by atoms with Crippen LogP contribution in [0, 0.1) is 5.82 Å². The van der Waals surface area contributed by atoms with E-state index in [2.05, 4.69) is 0 Å². The maximum atomic E-state index is 13.6. The van der Waals surface area contributed by atoms with Gasteiger partial charge >= 0.3 is 5.97 Å². The number of likely N-dealkylation sites (tertiary alicyclic amines) is 1. The van der Waals surface area contributed by atoms with E-state index in [0.29, 0.717) is 31.7 Å². The molecule has 2 rings (SSSR count). The van der Waals surface area contributed by atoms with Crippen molar-refractivity contribution in [3.05, 3.63) is 29.6 Å². The molecule has 0 bridgehead atoms. The standard InChI is InChI=1S/C18H24FNO4/c1-18(2,3)14-10-12(19)4-5-15(14)24-13-6-8-20(9-7-13)16(21)11-17(22)23/h4-5,10,13H,6-9,11H2,1-3H3,(H,22,23). The molecule has 1 aromatic rings. The van der Waals surface area contributed by atoms with Crippen LogP contribution in [0.15, 0.2) is 18.2 Å². The third-order valence-corrected chi connectivity index (χ3v) is 4.14. The van der Waals surface area contributed by atoms with Gasteiger partial charge in [-0.25, -0.2) is 4.39 Å². The summed E-state index contributed by atoms with van der Waals surface area (Å²) in [6, 6.07) is 4.54. The molecule has 1 fully saturated rings. The number of halogens is 1. The predicted molar refractivity (Wildman–Crippen MR) is 87.6 cm³/mol. The minimum absolute atomic E-state index is 0.0644. The van der Waals surface area contributed by atoms with Crippen LogP contribution in [0.5, 0.6) is 5.75 Å². The number of carbonyl (C=O) groups excluding carboxylic acids is 1. The van der Waals surface area contributed by atoms with Crippen LogP contribution < -0.4 is 4.74 Å². The van der Waals surface area contributed by atoms with Crippen molar-refractivity contribution in [2.45, 2.75) is 51.6 Å². The number of carboxylic acid groups (broad SMARTS) is 1. The lowest BCUT2D eigenvalue weighted by Crippen LogP contribution is -2.42. The molecule has 5 nitrogen and oxygen atoms in total. The summed E-state index contributed by atoms with van der Waals surface area (Å²) in [6.07, 6.45) is 0.724. The summed E-state index contributed by atoms with van der Waals surface area (Å²) in [5.74, 6) is -1.10. The van der Waals surface area contributed by atoms with Gasteiger partial charge in [0.2, 0.25) is 5.91 Å². The summed E-state index contributed by atoms with van der Waals surface area (Å²) in [5, 5.41) is 8.69. The van der Waals surface area contributed by atoms with Crippen LogP contribution in [0.3, 0.4) is 0 Å². The zero-order valence-corrected chi connectivity index (χ0v) is 14.3. The number of amides is 1. The number of hydrogen-bond donors (Lipinski definition) is 1. The van der Waals surface area contributed by atoms with Gasteiger partial charge in [0.1, 0.15) is 24.1 Å². The van der Waals surface area contributed by atoms with E-state index in [0.717, 1.165) is 5.56 Å². The van der Waals surface area contributed by atoms with Crippen LogP contribution in [0.4, 0.5) is 4.39 Å². The Morgan fingerprint density at radius 2 is 1.92 bits per heavy atom. The van der Waals surface area contributed by atoms with Crippen molar-refractivity contribution < 1.29 is 23.8 Å². The normalized spacial score (nSPS) is 16.1. The molecule has 24 heavy (non-hydrogen) atoms. The number of rotatable bonds is 4. The van der Waals surface area contributed by atoms with Gasteiger partial charge in [-0.1, -0.05) is 20.8 Å². The molecule has 0 atom stereocenters. The van der Waals surface area contributed by atoms with Crippen molar-refractivity contribution in [3.63, 3.8) is 0 Å². The minimum Gasteiger partial charge on any atom is -0.490 e. The Morgan fingerprint density at radius 3 is 2.46 bits per heavy atom. The summed E-state index contributed by atoms with van der Waals surface area (Å²) >= 11 is 0. The van der Waals surface area contributed by atoms with Crippen LogP contribution in [0.1, 0.15) is 45.6 Å². The van der Waals surface area contributed by atoms with Gasteiger partial charge in [0.25, 0.3) is 0 Å². The summed E-state index contributed by atoms with van der Waals surface area (Å²) < 4.78 is 19.6. The maximum absolute atomic E-state index is 13.6. The number of benzene rings is 1. The van der Waals surface area contributed by atoms with Crippen LogP contribution in [0.25, 0.3) is 0 Å². The summed E-state index contributed by atoms with van der Waals surface area (Å²) in [6.45, 7) is 6.96. The van der Waals surface area contributed by atoms with Crippen molar-refractivity contribution in [2.75, 3.05) is 13.1 Å². The van der Waals surface area contributed by atoms with Crippen LogP contribution in [0.2, 0.25) is 0 Å². The molecule has 0 unspecified atom stereocenters. The van der Waals surface area contributed by atoms with Crippen LogP contribution in [-0.2, 0) is 15.0 Å². The number of ether oxygens (including phenoxy) is 1. The van der Waals surface area contributed by atoms with E-state index in [1.807, 2.05) is 20.8 Å². The molecule has 1 aliphatic heterocycles. The molecule has 0 radical (unpaired) electrons. The number of hydrogen-bond acceptors (Lipinski definition) is 3. The molecule has 0 aliphatic carbocycles. The third-order valence-electron chi connectivity index (χ3n) is 4.14. The SMILES string of the molecule is CC(C)(C)c1cc(F)ccc1OC1CCN(C(=O)CC(=O)O)CC1. The first-order chi connectivity index (χ1) is 11.2. The number of piperidine rings is 1. The second-order valence-corrected chi connectivity index (χ2v) is 7.16. The van der Waals surface area contributed by atoms with Gasteiger partial charge in [-0.3, -0.25) is 9.59 Å². The van der Waals surface area contributed by atoms with Crippen LogP contribution in [-0.4, -0.2) is 41.1 Å². The highest BCUT2D eigenvalue weighted by molar-refractivity contribution is 5.93. The Bertz CT molecular complexity index is 616. The van der Waals surface area contributed by atoms with Gasteiger partial charge in [0.05, 0.1) is 0 Å². The second kappa shape index (κ2) is 7.20. The lowest BCUT2D eigenvalue weighted by Gasteiger charge is -2.33. The Hall–Kier alpha value is -2.11. The number of carboxylic acids is 1. The molecule has 1 aliphatic rings. The average molecular weight is 337 g/mol. The van der Waals surface area contributed by atoms with E-state index in [9.17, 15) is 14.0 Å². The van der Waals surface area contributed by atoms with Crippen molar-refractivity contribution in [1.29, 1.82) is 0 Å². The molecule has 0 aromatic heterocycles. The Morgan fingerprint density at radius 1 is 1.29 bits per heavy atom. The Balaban J connectivity index is 2.00. The van der Waals surface area contributed by atoms with Gasteiger partial charge in [-0.15, -0.1) is 0 Å². The summed E-state index contributed by atoms with van der Waals surface area (Å²) in [4.78, 5) is 23.9. The fourth-order valence-electron chi connectivity index (χ4n) is 2.83. The van der Waals surface area contributed by atoms with Crippen molar-refractivity contribution in [1.82, 2.24) is 4.90 Å². The Kier molecular flexibility index (Phi) is 5.47. The maximum Gasteiger partial charge on any atom is 0.312 e. The van der Waals surface area contributed by atoms with Gasteiger partial charge in [-0.2, -0.15) is 0 Å². The molecular formula is C18H24FNO4.